The molecule has 28 heavy (non-hydrogen) atoms. The summed E-state index contributed by atoms with van der Waals surface area (Å²) in [4.78, 5) is 0.334. The van der Waals surface area contributed by atoms with Crippen LogP contribution in [0.2, 0.25) is 5.02 Å². The van der Waals surface area contributed by atoms with E-state index in [4.69, 9.17) is 11.6 Å². The highest BCUT2D eigenvalue weighted by atomic mass is 35.5. The fourth-order valence-corrected chi connectivity index (χ4v) is 4.97. The molecule has 0 unspecified atom stereocenters. The third-order valence-electron chi connectivity index (χ3n) is 5.46. The van der Waals surface area contributed by atoms with Crippen molar-refractivity contribution in [2.24, 2.45) is 0 Å². The lowest BCUT2D eigenvalue weighted by Gasteiger charge is -2.11. The zero-order valence-electron chi connectivity index (χ0n) is 15.3. The van der Waals surface area contributed by atoms with Gasteiger partial charge in [0, 0.05) is 28.8 Å². The van der Waals surface area contributed by atoms with Gasteiger partial charge in [-0.1, -0.05) is 54.1 Å². The molecule has 1 aliphatic heterocycles. The Hall–Kier alpha value is -2.56. The second-order valence-electron chi connectivity index (χ2n) is 7.24. The first-order valence-corrected chi connectivity index (χ1v) is 11.4. The van der Waals surface area contributed by atoms with Crippen LogP contribution in [-0.2, 0) is 22.8 Å². The topological polar surface area (TPSA) is 39.1 Å². The van der Waals surface area contributed by atoms with E-state index in [2.05, 4.69) is 22.8 Å². The number of benzene rings is 3. The summed E-state index contributed by atoms with van der Waals surface area (Å²) in [7, 11) is -3.22. The summed E-state index contributed by atoms with van der Waals surface area (Å²) in [6.07, 6.45) is 2.26. The van der Waals surface area contributed by atoms with Crippen LogP contribution in [0.25, 0.3) is 33.3 Å². The van der Waals surface area contributed by atoms with Crippen molar-refractivity contribution in [3.05, 3.63) is 77.3 Å². The Morgan fingerprint density at radius 3 is 2.25 bits per heavy atom. The maximum absolute atomic E-state index is 11.9. The summed E-state index contributed by atoms with van der Waals surface area (Å²) < 4.78 is 26.1. The van der Waals surface area contributed by atoms with Gasteiger partial charge in [-0.2, -0.15) is 0 Å². The minimum absolute atomic E-state index is 0.334. The molecule has 5 rings (SSSR count). The molecule has 3 nitrogen and oxygen atoms in total. The fraction of sp³-hybridized carbons (Fsp3) is 0.130. The molecule has 0 fully saturated rings. The van der Waals surface area contributed by atoms with E-state index < -0.39 is 9.84 Å². The molecule has 5 heteroatoms. The lowest BCUT2D eigenvalue weighted by molar-refractivity contribution is 0.602. The number of nitrogens with zero attached hydrogens (tertiary/aromatic N) is 1. The van der Waals surface area contributed by atoms with E-state index in [1.807, 2.05) is 36.4 Å². The average molecular weight is 408 g/mol. The summed E-state index contributed by atoms with van der Waals surface area (Å²) in [6, 6.07) is 21.6. The van der Waals surface area contributed by atoms with Crippen molar-refractivity contribution in [2.45, 2.75) is 17.9 Å². The number of rotatable bonds is 3. The number of aryl methyl sites for hydroxylation is 2. The van der Waals surface area contributed by atoms with Gasteiger partial charge in [-0.3, -0.25) is 0 Å². The normalized spacial score (nSPS) is 13.4. The third kappa shape index (κ3) is 2.67. The summed E-state index contributed by atoms with van der Waals surface area (Å²) in [6.45, 7) is 0.940. The van der Waals surface area contributed by atoms with Crippen LogP contribution >= 0.6 is 11.6 Å². The van der Waals surface area contributed by atoms with Crippen LogP contribution in [0.15, 0.2) is 71.6 Å². The molecule has 140 valence electrons. The average Bonchev–Trinajstić information content (AvgIpc) is 3.25. The Bertz CT molecular complexity index is 1320. The first kappa shape index (κ1) is 17.5. The van der Waals surface area contributed by atoms with Crippen molar-refractivity contribution in [3.63, 3.8) is 0 Å². The van der Waals surface area contributed by atoms with Gasteiger partial charge in [-0.25, -0.2) is 8.42 Å². The highest BCUT2D eigenvalue weighted by molar-refractivity contribution is 7.90. The molecule has 3 aromatic carbocycles. The molecule has 0 radical (unpaired) electrons. The summed E-state index contributed by atoms with van der Waals surface area (Å²) in [5.74, 6) is 0. The molecular formula is C23H18ClNO2S. The van der Waals surface area contributed by atoms with Crippen LogP contribution < -0.4 is 0 Å². The van der Waals surface area contributed by atoms with E-state index in [0.717, 1.165) is 35.3 Å². The Labute approximate surface area is 169 Å². The smallest absolute Gasteiger partial charge is 0.175 e. The van der Waals surface area contributed by atoms with Gasteiger partial charge in [0.05, 0.1) is 16.1 Å². The number of hydrogen-bond donors (Lipinski definition) is 0. The van der Waals surface area contributed by atoms with E-state index in [-0.39, 0.29) is 0 Å². The molecule has 0 atom stereocenters. The van der Waals surface area contributed by atoms with E-state index in [1.54, 1.807) is 12.1 Å². The summed E-state index contributed by atoms with van der Waals surface area (Å²) in [5.41, 5.74) is 7.04. The minimum atomic E-state index is -3.22. The zero-order valence-corrected chi connectivity index (χ0v) is 16.9. The van der Waals surface area contributed by atoms with Crippen molar-refractivity contribution in [2.75, 3.05) is 6.26 Å². The van der Waals surface area contributed by atoms with E-state index in [0.29, 0.717) is 9.92 Å². The third-order valence-corrected chi connectivity index (χ3v) is 6.84. The highest BCUT2D eigenvalue weighted by Gasteiger charge is 2.25. The van der Waals surface area contributed by atoms with Gasteiger partial charge in [-0.05, 0) is 47.4 Å². The van der Waals surface area contributed by atoms with Crippen LogP contribution in [0, 0.1) is 0 Å². The van der Waals surface area contributed by atoms with Crippen LogP contribution in [0.3, 0.4) is 0 Å². The first-order chi connectivity index (χ1) is 13.4. The van der Waals surface area contributed by atoms with Crippen molar-refractivity contribution < 1.29 is 8.42 Å². The van der Waals surface area contributed by atoms with E-state index in [9.17, 15) is 8.42 Å². The molecule has 1 aromatic heterocycles. The zero-order chi connectivity index (χ0) is 19.5. The van der Waals surface area contributed by atoms with Gasteiger partial charge in [0.1, 0.15) is 0 Å². The Balaban J connectivity index is 1.82. The van der Waals surface area contributed by atoms with Gasteiger partial charge in [0.15, 0.2) is 9.84 Å². The Morgan fingerprint density at radius 1 is 0.893 bits per heavy atom. The van der Waals surface area contributed by atoms with Gasteiger partial charge >= 0.3 is 0 Å². The van der Waals surface area contributed by atoms with Gasteiger partial charge in [-0.15, -0.1) is 0 Å². The van der Waals surface area contributed by atoms with Crippen molar-refractivity contribution in [3.8, 4) is 22.4 Å². The van der Waals surface area contributed by atoms with Crippen LogP contribution in [0.4, 0.5) is 0 Å². The molecule has 2 heterocycles. The van der Waals surface area contributed by atoms with Gasteiger partial charge in [0.25, 0.3) is 0 Å². The number of halogens is 1. The summed E-state index contributed by atoms with van der Waals surface area (Å²) >= 11 is 6.12. The van der Waals surface area contributed by atoms with Crippen molar-refractivity contribution >= 4 is 32.3 Å². The largest absolute Gasteiger partial charge is 0.339 e. The predicted octanol–water partition coefficient (Wildman–Crippen LogP) is 5.59. The predicted molar refractivity (Wildman–Crippen MR) is 115 cm³/mol. The van der Waals surface area contributed by atoms with E-state index >= 15 is 0 Å². The molecule has 0 spiro atoms. The quantitative estimate of drug-likeness (QED) is 0.444. The van der Waals surface area contributed by atoms with Crippen molar-refractivity contribution in [1.29, 1.82) is 0 Å². The lowest BCUT2D eigenvalue weighted by atomic mass is 9.97. The maximum Gasteiger partial charge on any atom is 0.175 e. The molecule has 1 aliphatic rings. The maximum atomic E-state index is 11.9. The van der Waals surface area contributed by atoms with Crippen LogP contribution in [-0.4, -0.2) is 19.2 Å². The second kappa shape index (κ2) is 6.23. The standard InChI is InChI=1S/C23H18ClNO2S/c1-28(26,27)19-11-7-15(8-12-19)21-20-4-2-3-16-13-14-25(22(16)20)23(21)17-5-9-18(24)10-6-17/h2-12H,13-14H2,1H3. The molecule has 0 aliphatic carbocycles. The second-order valence-corrected chi connectivity index (χ2v) is 9.69. The minimum Gasteiger partial charge on any atom is -0.339 e. The molecule has 0 N–H and O–H groups in total. The highest BCUT2D eigenvalue weighted by Crippen LogP contribution is 2.44. The van der Waals surface area contributed by atoms with Crippen LogP contribution in [0.5, 0.6) is 0 Å². The Kier molecular flexibility index (Phi) is 3.90. The first-order valence-electron chi connectivity index (χ1n) is 9.14. The molecular weight excluding hydrogens is 390 g/mol. The number of para-hydroxylation sites is 1. The molecule has 0 saturated heterocycles. The van der Waals surface area contributed by atoms with Crippen LogP contribution in [0.1, 0.15) is 5.56 Å². The molecule has 4 aromatic rings. The van der Waals surface area contributed by atoms with Gasteiger partial charge in [0.2, 0.25) is 0 Å². The SMILES string of the molecule is CS(=O)(=O)c1ccc(-c2c(-c3ccc(Cl)cc3)n3c4c(cccc24)CC3)cc1. The number of sulfone groups is 1. The number of hydrogen-bond acceptors (Lipinski definition) is 2. The molecule has 0 saturated carbocycles. The van der Waals surface area contributed by atoms with Gasteiger partial charge < -0.3 is 4.57 Å². The molecule has 0 bridgehead atoms. The Morgan fingerprint density at radius 2 is 1.57 bits per heavy atom. The lowest BCUT2D eigenvalue weighted by Crippen LogP contribution is -1.98. The summed E-state index contributed by atoms with van der Waals surface area (Å²) in [5, 5.41) is 1.91. The monoisotopic (exact) mass is 407 g/mol. The van der Waals surface area contributed by atoms with Crippen molar-refractivity contribution in [1.82, 2.24) is 4.57 Å². The fourth-order valence-electron chi connectivity index (χ4n) is 4.21. The van der Waals surface area contributed by atoms with E-state index in [1.165, 1.54) is 22.7 Å². The molecule has 0 amide bonds. The number of aromatic nitrogens is 1.